The molecule has 3 aromatic rings. The number of nitrogens with zero attached hydrogens (tertiary/aromatic N) is 1. The first-order chi connectivity index (χ1) is 13.9. The minimum absolute atomic E-state index is 0.0992. The van der Waals surface area contributed by atoms with Crippen molar-refractivity contribution in [2.45, 2.75) is 12.4 Å². The molecule has 1 saturated heterocycles. The second-order valence-electron chi connectivity index (χ2n) is 6.96. The van der Waals surface area contributed by atoms with Crippen molar-refractivity contribution in [1.82, 2.24) is 15.2 Å². The monoisotopic (exact) mass is 405 g/mol. The van der Waals surface area contributed by atoms with Crippen LogP contribution in [0.2, 0.25) is 0 Å². The second-order valence-corrected chi connectivity index (χ2v) is 6.96. The lowest BCUT2D eigenvalue weighted by molar-refractivity contribution is -0.274. The fraction of sp³-hybridized carbons (Fsp3) is 0.333. The molecular weight excluding hydrogens is 383 g/mol. The van der Waals surface area contributed by atoms with Gasteiger partial charge >= 0.3 is 6.36 Å². The van der Waals surface area contributed by atoms with Crippen LogP contribution in [0.5, 0.6) is 11.5 Å². The molecule has 1 aliphatic rings. The summed E-state index contributed by atoms with van der Waals surface area (Å²) in [6.45, 7) is 3.39. The Balaban J connectivity index is 1.75. The number of piperazine rings is 1. The molecule has 0 saturated carbocycles. The average molecular weight is 405 g/mol. The molecule has 2 N–H and O–H groups in total. The van der Waals surface area contributed by atoms with Crippen LogP contribution >= 0.6 is 0 Å². The van der Waals surface area contributed by atoms with Gasteiger partial charge in [0.2, 0.25) is 0 Å². The molecule has 2 heterocycles. The fourth-order valence-corrected chi connectivity index (χ4v) is 3.85. The largest absolute Gasteiger partial charge is 0.573 e. The van der Waals surface area contributed by atoms with Crippen molar-refractivity contribution < 1.29 is 22.6 Å². The summed E-state index contributed by atoms with van der Waals surface area (Å²) in [6, 6.07) is 11.9. The zero-order chi connectivity index (χ0) is 20.4. The van der Waals surface area contributed by atoms with Gasteiger partial charge in [-0.05, 0) is 41.5 Å². The van der Waals surface area contributed by atoms with Gasteiger partial charge in [-0.25, -0.2) is 0 Å². The molecule has 0 amide bonds. The van der Waals surface area contributed by atoms with Crippen molar-refractivity contribution in [3.63, 3.8) is 0 Å². The van der Waals surface area contributed by atoms with Crippen LogP contribution in [-0.2, 0) is 0 Å². The first kappa shape index (κ1) is 19.6. The van der Waals surface area contributed by atoms with Gasteiger partial charge in [0.15, 0.2) is 0 Å². The summed E-state index contributed by atoms with van der Waals surface area (Å²) >= 11 is 0. The van der Waals surface area contributed by atoms with E-state index in [0.717, 1.165) is 54.0 Å². The van der Waals surface area contributed by atoms with Crippen LogP contribution in [0.15, 0.2) is 48.7 Å². The van der Waals surface area contributed by atoms with Gasteiger partial charge in [0, 0.05) is 43.3 Å². The Kier molecular flexibility index (Phi) is 5.38. The third kappa shape index (κ3) is 4.33. The molecule has 1 aliphatic heterocycles. The highest BCUT2D eigenvalue weighted by molar-refractivity contribution is 5.85. The van der Waals surface area contributed by atoms with Gasteiger partial charge < -0.3 is 19.8 Å². The van der Waals surface area contributed by atoms with E-state index in [-0.39, 0.29) is 11.8 Å². The summed E-state index contributed by atoms with van der Waals surface area (Å²) < 4.78 is 46.9. The Labute approximate surface area is 166 Å². The average Bonchev–Trinajstić information content (AvgIpc) is 3.12. The highest BCUT2D eigenvalue weighted by Crippen LogP contribution is 2.36. The number of hydrogen-bond acceptors (Lipinski definition) is 4. The van der Waals surface area contributed by atoms with Gasteiger partial charge in [-0.2, -0.15) is 0 Å². The van der Waals surface area contributed by atoms with E-state index in [2.05, 4.69) is 19.9 Å². The zero-order valence-electron chi connectivity index (χ0n) is 15.9. The maximum atomic E-state index is 12.5. The molecule has 4 rings (SSSR count). The van der Waals surface area contributed by atoms with Crippen molar-refractivity contribution in [2.24, 2.45) is 0 Å². The van der Waals surface area contributed by atoms with Crippen molar-refractivity contribution >= 4 is 10.9 Å². The lowest BCUT2D eigenvalue weighted by Gasteiger charge is -2.35. The SMILES string of the molecule is COc1ccc2[nH]cc([C@@H](c3ccc(OC(F)(F)F)cc3)N3CCNCC3)c2c1. The normalized spacial score (nSPS) is 16.7. The quantitative estimate of drug-likeness (QED) is 0.672. The van der Waals surface area contributed by atoms with Crippen molar-refractivity contribution in [3.05, 3.63) is 59.8 Å². The smallest absolute Gasteiger partial charge is 0.497 e. The minimum atomic E-state index is -4.70. The van der Waals surface area contributed by atoms with E-state index in [4.69, 9.17) is 4.74 Å². The predicted octanol–water partition coefficient (Wildman–Crippen LogP) is 4.07. The molecule has 0 bridgehead atoms. The molecule has 2 aromatic carbocycles. The predicted molar refractivity (Wildman–Crippen MR) is 104 cm³/mol. The van der Waals surface area contributed by atoms with Gasteiger partial charge in [0.05, 0.1) is 13.2 Å². The summed E-state index contributed by atoms with van der Waals surface area (Å²) in [5.74, 6) is 0.534. The van der Waals surface area contributed by atoms with Crippen molar-refractivity contribution in [3.8, 4) is 11.5 Å². The van der Waals surface area contributed by atoms with E-state index in [1.54, 1.807) is 19.2 Å². The van der Waals surface area contributed by atoms with Crippen molar-refractivity contribution in [1.29, 1.82) is 0 Å². The fourth-order valence-electron chi connectivity index (χ4n) is 3.85. The van der Waals surface area contributed by atoms with E-state index >= 15 is 0 Å². The number of benzene rings is 2. The van der Waals surface area contributed by atoms with Crippen LogP contribution in [0.4, 0.5) is 13.2 Å². The molecular formula is C21H22F3N3O2. The molecule has 1 aromatic heterocycles. The number of hydrogen-bond donors (Lipinski definition) is 2. The van der Waals surface area contributed by atoms with Crippen molar-refractivity contribution in [2.75, 3.05) is 33.3 Å². The van der Waals surface area contributed by atoms with Gasteiger partial charge in [-0.1, -0.05) is 12.1 Å². The van der Waals surface area contributed by atoms with Crippen LogP contribution in [-0.4, -0.2) is 49.5 Å². The highest BCUT2D eigenvalue weighted by atomic mass is 19.4. The van der Waals surface area contributed by atoms with E-state index in [1.807, 2.05) is 24.4 Å². The van der Waals surface area contributed by atoms with Crippen LogP contribution in [0, 0.1) is 0 Å². The number of alkyl halides is 3. The summed E-state index contributed by atoms with van der Waals surface area (Å²) in [5.41, 5.74) is 2.95. The topological polar surface area (TPSA) is 49.5 Å². The number of fused-ring (bicyclic) bond motifs is 1. The third-order valence-electron chi connectivity index (χ3n) is 5.16. The summed E-state index contributed by atoms with van der Waals surface area (Å²) in [7, 11) is 1.63. The number of aromatic nitrogens is 1. The molecule has 154 valence electrons. The lowest BCUT2D eigenvalue weighted by atomic mass is 9.95. The summed E-state index contributed by atoms with van der Waals surface area (Å²) in [5, 5.41) is 4.37. The minimum Gasteiger partial charge on any atom is -0.497 e. The molecule has 1 atom stereocenters. The second kappa shape index (κ2) is 7.96. The molecule has 0 unspecified atom stereocenters. The summed E-state index contributed by atoms with van der Waals surface area (Å²) in [6.07, 6.45) is -2.73. The summed E-state index contributed by atoms with van der Waals surface area (Å²) in [4.78, 5) is 5.63. The number of nitrogens with one attached hydrogen (secondary N) is 2. The molecule has 1 fully saturated rings. The van der Waals surface area contributed by atoms with E-state index in [0.29, 0.717) is 0 Å². The van der Waals surface area contributed by atoms with E-state index < -0.39 is 6.36 Å². The van der Waals surface area contributed by atoms with Crippen LogP contribution < -0.4 is 14.8 Å². The molecule has 0 spiro atoms. The van der Waals surface area contributed by atoms with E-state index in [9.17, 15) is 13.2 Å². The molecule has 29 heavy (non-hydrogen) atoms. The van der Waals surface area contributed by atoms with Gasteiger partial charge in [-0.3, -0.25) is 4.90 Å². The molecule has 5 nitrogen and oxygen atoms in total. The maximum absolute atomic E-state index is 12.5. The van der Waals surface area contributed by atoms with Gasteiger partial charge in [0.25, 0.3) is 0 Å². The number of halogens is 3. The lowest BCUT2D eigenvalue weighted by Crippen LogP contribution is -2.45. The molecule has 8 heteroatoms. The third-order valence-corrected chi connectivity index (χ3v) is 5.16. The Morgan fingerprint density at radius 3 is 2.34 bits per heavy atom. The van der Waals surface area contributed by atoms with E-state index in [1.165, 1.54) is 12.1 Å². The highest BCUT2D eigenvalue weighted by Gasteiger charge is 2.31. The van der Waals surface area contributed by atoms with Crippen LogP contribution in [0.3, 0.4) is 0 Å². The number of methoxy groups -OCH3 is 1. The first-order valence-electron chi connectivity index (χ1n) is 9.40. The Morgan fingerprint density at radius 1 is 1.00 bits per heavy atom. The maximum Gasteiger partial charge on any atom is 0.573 e. The number of ether oxygens (including phenoxy) is 2. The Hall–Kier alpha value is -2.71. The van der Waals surface area contributed by atoms with Gasteiger partial charge in [-0.15, -0.1) is 13.2 Å². The van der Waals surface area contributed by atoms with Crippen LogP contribution in [0.25, 0.3) is 10.9 Å². The number of aromatic amines is 1. The number of rotatable bonds is 5. The first-order valence-corrected chi connectivity index (χ1v) is 9.40. The zero-order valence-corrected chi connectivity index (χ0v) is 15.9. The number of H-pyrrole nitrogens is 1. The Morgan fingerprint density at radius 2 is 1.69 bits per heavy atom. The molecule has 0 radical (unpaired) electrons. The van der Waals surface area contributed by atoms with Crippen LogP contribution in [0.1, 0.15) is 17.2 Å². The molecule has 0 aliphatic carbocycles. The van der Waals surface area contributed by atoms with Gasteiger partial charge in [0.1, 0.15) is 11.5 Å². The Bertz CT molecular complexity index is 963. The standard InChI is InChI=1S/C21H22F3N3O2/c1-28-16-6-7-19-17(12-16)18(13-26-19)20(27-10-8-25-9-11-27)14-2-4-15(5-3-14)29-21(22,23)24/h2-7,12-13,20,25-26H,8-11H2,1H3/t20-/m1/s1.